The minimum Gasteiger partial charge on any atom is -0.512 e. The Morgan fingerprint density at radius 2 is 1.69 bits per heavy atom. The van der Waals surface area contributed by atoms with Crippen LogP contribution < -0.4 is 0 Å². The number of pyridine rings is 1. The smallest absolute Gasteiger partial charge is 0.162 e. The normalized spacial score (nSPS) is 14.6. The predicted octanol–water partition coefficient (Wildman–Crippen LogP) is 11.7. The Morgan fingerprint density at radius 1 is 0.979 bits per heavy atom. The minimum absolute atomic E-state index is 0. The first kappa shape index (κ1) is 35.8. The molecule has 0 aliphatic heterocycles. The van der Waals surface area contributed by atoms with Gasteiger partial charge < -0.3 is 9.52 Å². The number of aromatic nitrogens is 1. The Morgan fingerprint density at radius 3 is 2.40 bits per heavy atom. The molecule has 253 valence electrons. The molecule has 2 aliphatic carbocycles. The fourth-order valence-corrected chi connectivity index (χ4v) is 7.68. The van der Waals surface area contributed by atoms with Gasteiger partial charge in [0.25, 0.3) is 0 Å². The van der Waals surface area contributed by atoms with Crippen LogP contribution in [-0.4, -0.2) is 15.9 Å². The van der Waals surface area contributed by atoms with Crippen LogP contribution >= 0.6 is 0 Å². The molecule has 2 aliphatic rings. The molecular formula is C43H48IrNO3-. The summed E-state index contributed by atoms with van der Waals surface area (Å²) in [7, 11) is 0. The number of hydrogen-bond donors (Lipinski definition) is 1. The van der Waals surface area contributed by atoms with E-state index in [2.05, 4.69) is 55.5 Å². The average Bonchev–Trinajstić information content (AvgIpc) is 3.81. The van der Waals surface area contributed by atoms with Gasteiger partial charge in [0, 0.05) is 60.7 Å². The van der Waals surface area contributed by atoms with Crippen LogP contribution in [0.25, 0.3) is 44.4 Å². The zero-order valence-electron chi connectivity index (χ0n) is 29.0. The number of aliphatic hydroxyl groups excluding tert-OH is 1. The number of rotatable bonds is 10. The van der Waals surface area contributed by atoms with Crippen molar-refractivity contribution in [2.45, 2.75) is 92.4 Å². The fraction of sp³-hybridized carbons (Fsp3) is 0.395. The van der Waals surface area contributed by atoms with Crippen molar-refractivity contribution in [3.05, 3.63) is 101 Å². The molecule has 0 unspecified atom stereocenters. The Balaban J connectivity index is 0.000000243. The number of carbonyl (C=O) groups is 1. The zero-order chi connectivity index (χ0) is 33.1. The number of nitrogens with zero attached hydrogens (tertiary/aromatic N) is 1. The van der Waals surface area contributed by atoms with Gasteiger partial charge in [-0.1, -0.05) is 113 Å². The first-order chi connectivity index (χ1) is 22.8. The van der Waals surface area contributed by atoms with Crippen molar-refractivity contribution in [3.8, 4) is 0 Å². The Bertz CT molecular complexity index is 1970. The molecule has 0 spiro atoms. The van der Waals surface area contributed by atoms with Crippen LogP contribution in [-0.2, 0) is 31.3 Å². The molecule has 1 saturated carbocycles. The van der Waals surface area contributed by atoms with Gasteiger partial charge in [0.05, 0.1) is 11.3 Å². The largest absolute Gasteiger partial charge is 0.512 e. The van der Waals surface area contributed by atoms with Gasteiger partial charge in [-0.3, -0.25) is 9.78 Å². The molecule has 2 aromatic heterocycles. The first-order valence-electron chi connectivity index (χ1n) is 17.8. The number of carbonyl (C=O) groups excluding carboxylic acids is 1. The summed E-state index contributed by atoms with van der Waals surface area (Å²) in [6, 6.07) is 21.0. The standard InChI is InChI=1S/C30H24NO.C13H24O2.Ir/c1-18-12-25-23-8-4-5-9-27(23)32-30(25)26(13-18)24-17-22-16-20(14-19-6-2-3-7-19)15-21-10-11-31-29(24)28(21)22;1-5-10(6-2)12(14)9-13(15)11(7-3)8-4;/h4-5,8-12,15-17,19H,2-3,6-7,14H2,1H3;9-11,14H,5-8H2,1-4H3;/q-1;;/b;12-9-;. The van der Waals surface area contributed by atoms with Gasteiger partial charge in [0.15, 0.2) is 5.78 Å². The fourth-order valence-electron chi connectivity index (χ4n) is 7.68. The van der Waals surface area contributed by atoms with E-state index < -0.39 is 0 Å². The van der Waals surface area contributed by atoms with Gasteiger partial charge >= 0.3 is 0 Å². The Labute approximate surface area is 299 Å². The van der Waals surface area contributed by atoms with Crippen LogP contribution in [0.2, 0.25) is 0 Å². The summed E-state index contributed by atoms with van der Waals surface area (Å²) >= 11 is 0. The Kier molecular flexibility index (Phi) is 11.8. The van der Waals surface area contributed by atoms with E-state index >= 15 is 0 Å². The molecule has 1 fully saturated rings. The molecule has 0 bridgehead atoms. The maximum absolute atomic E-state index is 11.7. The van der Waals surface area contributed by atoms with E-state index in [9.17, 15) is 9.90 Å². The molecule has 7 rings (SSSR count). The van der Waals surface area contributed by atoms with Gasteiger partial charge in [0.1, 0.15) is 5.58 Å². The van der Waals surface area contributed by atoms with Crippen molar-refractivity contribution in [1.29, 1.82) is 0 Å². The maximum Gasteiger partial charge on any atom is 0.162 e. The van der Waals surface area contributed by atoms with Gasteiger partial charge in [-0.15, -0.1) is 17.7 Å². The summed E-state index contributed by atoms with van der Waals surface area (Å²) in [6.07, 6.45) is 15.9. The second-order valence-electron chi connectivity index (χ2n) is 13.5. The molecule has 3 aromatic carbocycles. The number of aliphatic hydroxyl groups is 1. The number of hydrogen-bond acceptors (Lipinski definition) is 4. The van der Waals surface area contributed by atoms with E-state index in [1.807, 2.05) is 46.0 Å². The van der Waals surface area contributed by atoms with E-state index in [4.69, 9.17) is 9.40 Å². The van der Waals surface area contributed by atoms with Gasteiger partial charge in [-0.05, 0) is 66.7 Å². The number of furan rings is 1. The molecule has 5 aromatic rings. The van der Waals surface area contributed by atoms with Crippen LogP contribution in [0.15, 0.2) is 71.0 Å². The van der Waals surface area contributed by atoms with E-state index in [0.29, 0.717) is 0 Å². The summed E-state index contributed by atoms with van der Waals surface area (Å²) in [5.41, 5.74) is 8.87. The molecule has 48 heavy (non-hydrogen) atoms. The molecule has 5 heteroatoms. The number of fused-ring (bicyclic) bond motifs is 3. The number of benzene rings is 3. The monoisotopic (exact) mass is 819 g/mol. The van der Waals surface area contributed by atoms with Gasteiger partial charge in [-0.2, -0.15) is 0 Å². The number of para-hydroxylation sites is 1. The van der Waals surface area contributed by atoms with Crippen LogP contribution in [0.1, 0.15) is 107 Å². The molecule has 1 N–H and O–H groups in total. The van der Waals surface area contributed by atoms with Crippen LogP contribution in [0.3, 0.4) is 0 Å². The molecular weight excluding hydrogens is 771 g/mol. The molecule has 0 atom stereocenters. The van der Waals surface area contributed by atoms with Crippen LogP contribution in [0.4, 0.5) is 0 Å². The molecule has 2 heterocycles. The number of aryl methyl sites for hydroxylation is 1. The van der Waals surface area contributed by atoms with Crippen molar-refractivity contribution in [2.24, 2.45) is 17.8 Å². The summed E-state index contributed by atoms with van der Waals surface area (Å²) in [5.74, 6) is 1.39. The van der Waals surface area contributed by atoms with Crippen molar-refractivity contribution < 1.29 is 34.4 Å². The van der Waals surface area contributed by atoms with Crippen molar-refractivity contribution >= 4 is 50.1 Å². The van der Waals surface area contributed by atoms with E-state index in [0.717, 1.165) is 75.9 Å². The SMILES string of the molecule is CCC(CC)C(=O)/C=C(\O)C(CC)CC.Cc1[c-]c(C2=Cc3cc(CC4CCCC4)cc4ccnc2c34)c2oc3ccccc3c2c1.[Ir]. The third kappa shape index (κ3) is 7.24. The second kappa shape index (κ2) is 15.8. The van der Waals surface area contributed by atoms with Gasteiger partial charge in [-0.25, -0.2) is 0 Å². The van der Waals surface area contributed by atoms with E-state index in [-0.39, 0.29) is 43.5 Å². The summed E-state index contributed by atoms with van der Waals surface area (Å²) in [6.45, 7) is 10.2. The number of ketones is 1. The van der Waals surface area contributed by atoms with Crippen LogP contribution in [0, 0.1) is 30.7 Å². The van der Waals surface area contributed by atoms with E-state index in [1.54, 1.807) is 0 Å². The zero-order valence-corrected chi connectivity index (χ0v) is 31.4. The Hall–Kier alpha value is -3.53. The van der Waals surface area contributed by atoms with Crippen molar-refractivity contribution in [3.63, 3.8) is 0 Å². The first-order valence-corrected chi connectivity index (χ1v) is 17.8. The van der Waals surface area contributed by atoms with E-state index in [1.165, 1.54) is 60.1 Å². The van der Waals surface area contributed by atoms with Crippen molar-refractivity contribution in [1.82, 2.24) is 4.98 Å². The summed E-state index contributed by atoms with van der Waals surface area (Å²) in [4.78, 5) is 16.5. The second-order valence-corrected chi connectivity index (χ2v) is 13.5. The predicted molar refractivity (Wildman–Crippen MR) is 196 cm³/mol. The van der Waals surface area contributed by atoms with Gasteiger partial charge in [0.2, 0.25) is 0 Å². The van der Waals surface area contributed by atoms with Crippen LogP contribution in [0.5, 0.6) is 0 Å². The third-order valence-electron chi connectivity index (χ3n) is 10.4. The number of allylic oxidation sites excluding steroid dienone is 2. The molecule has 0 saturated heterocycles. The topological polar surface area (TPSA) is 63.3 Å². The quantitative estimate of drug-likeness (QED) is 0.0849. The summed E-state index contributed by atoms with van der Waals surface area (Å²) in [5, 5.41) is 14.6. The maximum atomic E-state index is 11.7. The molecule has 1 radical (unpaired) electrons. The molecule has 4 nitrogen and oxygen atoms in total. The molecule has 0 amide bonds. The third-order valence-corrected chi connectivity index (χ3v) is 10.4. The minimum atomic E-state index is 0. The van der Waals surface area contributed by atoms with Crippen molar-refractivity contribution in [2.75, 3.05) is 0 Å². The average molecular weight is 819 g/mol. The summed E-state index contributed by atoms with van der Waals surface area (Å²) < 4.78 is 6.36.